The molecule has 9 nitrogen and oxygen atoms in total. The summed E-state index contributed by atoms with van der Waals surface area (Å²) in [5.41, 5.74) is 5.93. The van der Waals surface area contributed by atoms with Gasteiger partial charge in [-0.05, 0) is 120 Å². The van der Waals surface area contributed by atoms with Gasteiger partial charge in [-0.25, -0.2) is 4.79 Å². The van der Waals surface area contributed by atoms with Crippen LogP contribution in [0.1, 0.15) is 126 Å². The highest BCUT2D eigenvalue weighted by atomic mass is 32.2. The molecule has 0 spiro atoms. The van der Waals surface area contributed by atoms with Gasteiger partial charge in [0.15, 0.2) is 0 Å². The molecular weight excluding hydrogens is 895 g/mol. The fourth-order valence-electron chi connectivity index (χ4n) is 5.70. The monoisotopic (exact) mass is 978 g/mol. The van der Waals surface area contributed by atoms with E-state index in [0.717, 1.165) is 48.3 Å². The maximum atomic E-state index is 12.1. The van der Waals surface area contributed by atoms with Gasteiger partial charge in [0.1, 0.15) is 29.3 Å². The number of rotatable bonds is 28. The van der Waals surface area contributed by atoms with Crippen LogP contribution in [0.25, 0.3) is 6.08 Å². The summed E-state index contributed by atoms with van der Waals surface area (Å²) in [6, 6.07) is 29.0. The van der Waals surface area contributed by atoms with Gasteiger partial charge in [0.25, 0.3) is 0 Å². The number of aryl methyl sites for hydroxylation is 1. The Morgan fingerprint density at radius 3 is 1.84 bits per heavy atom. The van der Waals surface area contributed by atoms with Crippen molar-refractivity contribution in [3.8, 4) is 17.2 Å². The van der Waals surface area contributed by atoms with Crippen LogP contribution in [0.5, 0.6) is 17.2 Å². The summed E-state index contributed by atoms with van der Waals surface area (Å²) in [6.45, 7) is 30.4. The minimum absolute atomic E-state index is 0.262. The predicted octanol–water partition coefficient (Wildman–Crippen LogP) is 15.7. The summed E-state index contributed by atoms with van der Waals surface area (Å²) in [5.74, 6) is 2.75. The minimum atomic E-state index is -0.373. The van der Waals surface area contributed by atoms with Gasteiger partial charge < -0.3 is 33.8 Å². The number of benzene rings is 4. The van der Waals surface area contributed by atoms with Gasteiger partial charge >= 0.3 is 5.97 Å². The van der Waals surface area contributed by atoms with Crippen molar-refractivity contribution in [3.63, 3.8) is 0 Å². The first-order valence-electron chi connectivity index (χ1n) is 24.4. The first-order valence-corrected chi connectivity index (χ1v) is 25.2. The average Bonchev–Trinajstić information content (AvgIpc) is 3.39. The summed E-state index contributed by atoms with van der Waals surface area (Å²) in [6.07, 6.45) is 17.2. The fourth-order valence-corrected chi connectivity index (χ4v) is 6.77. The lowest BCUT2D eigenvalue weighted by atomic mass is 10.1. The van der Waals surface area contributed by atoms with Crippen LogP contribution in [0.4, 0.5) is 0 Å². The zero-order valence-corrected chi connectivity index (χ0v) is 44.5. The van der Waals surface area contributed by atoms with Crippen LogP contribution >= 0.6 is 11.8 Å². The molecule has 0 fully saturated rings. The fraction of sp³-hybridized carbons (Fsp3) is 0.383. The van der Waals surface area contributed by atoms with Crippen LogP contribution in [-0.4, -0.2) is 65.7 Å². The lowest BCUT2D eigenvalue weighted by Gasteiger charge is -2.10. The smallest absolute Gasteiger partial charge is 0.338 e. The number of carbonyl (C=O) groups is 2. The Kier molecular flexibility index (Phi) is 39.2. The van der Waals surface area contributed by atoms with Gasteiger partial charge in [0.2, 0.25) is 0 Å². The summed E-state index contributed by atoms with van der Waals surface area (Å²) in [5, 5.41) is 7.42. The van der Waals surface area contributed by atoms with Crippen LogP contribution < -0.4 is 14.2 Å². The number of allylic oxidation sites excluding steroid dienone is 4. The van der Waals surface area contributed by atoms with E-state index in [0.29, 0.717) is 61.8 Å². The molecule has 0 saturated heterocycles. The van der Waals surface area contributed by atoms with E-state index in [9.17, 15) is 4.79 Å². The Labute approximate surface area is 426 Å². The number of thioether (sulfide) groups is 1. The lowest BCUT2D eigenvalue weighted by Crippen LogP contribution is -2.08. The van der Waals surface area contributed by atoms with E-state index in [1.54, 1.807) is 44.6 Å². The van der Waals surface area contributed by atoms with E-state index in [1.165, 1.54) is 65.3 Å². The molecule has 0 amide bonds. The molecule has 0 aliphatic heterocycles. The standard InChI is InChI=1S/C21H25NO5.C18H24O2.C14H20S.C4H10.C3H4O/c1-24-11-3-12-26-19-7-5-17(6-8-19)21(23)27-13-10-16-4-9-20(25-2)18(14-16)15-22;1-5-15(4)18(7-3)20-14-8-13-19-17-11-9-16(6-2)10-12-17;1-4-8-12(3)15-14-11-7-6-10-13(14)9-5-2;1-3-4-2;1-2-3-4/h4-9,14-15,22H,3,10-13H2,1-2H3;6-7,9-12H,2-3,5,8,13-14H2,1,4H3;6-7,10-11H,3-5,8-9H2,1-2H3;3-4H2,1-2H3;2-3H,1H2/b;18-15-;;;. The van der Waals surface area contributed by atoms with Gasteiger partial charge in [-0.15, -0.1) is 0 Å². The summed E-state index contributed by atoms with van der Waals surface area (Å²) in [4.78, 5) is 23.9. The number of aldehydes is 1. The largest absolute Gasteiger partial charge is 0.496 e. The van der Waals surface area contributed by atoms with Crippen molar-refractivity contribution < 1.29 is 38.0 Å². The molecule has 10 heteroatoms. The van der Waals surface area contributed by atoms with E-state index < -0.39 is 0 Å². The molecular formula is C60H83NO8S. The second-order valence-corrected chi connectivity index (χ2v) is 16.7. The van der Waals surface area contributed by atoms with Gasteiger partial charge in [0.05, 0.1) is 39.1 Å². The highest BCUT2D eigenvalue weighted by Crippen LogP contribution is 2.31. The Balaban J connectivity index is 0.000000976. The molecule has 0 saturated carbocycles. The van der Waals surface area contributed by atoms with E-state index in [1.807, 2.05) is 60.3 Å². The normalized spacial score (nSPS) is 10.2. The summed E-state index contributed by atoms with van der Waals surface area (Å²) in [7, 11) is 3.22. The molecule has 0 heterocycles. The highest BCUT2D eigenvalue weighted by molar-refractivity contribution is 8.03. The molecule has 70 heavy (non-hydrogen) atoms. The van der Waals surface area contributed by atoms with Crippen molar-refractivity contribution in [2.45, 2.75) is 111 Å². The van der Waals surface area contributed by atoms with Gasteiger partial charge in [-0.2, -0.15) is 0 Å². The first kappa shape index (κ1) is 63.9. The molecule has 0 aliphatic rings. The van der Waals surface area contributed by atoms with Crippen molar-refractivity contribution in [1.29, 1.82) is 5.41 Å². The quantitative estimate of drug-likeness (QED) is 0.00868. The maximum Gasteiger partial charge on any atom is 0.338 e. The minimum Gasteiger partial charge on any atom is -0.496 e. The number of unbranched alkanes of at least 4 members (excludes halogenated alkanes) is 1. The van der Waals surface area contributed by atoms with E-state index in [4.69, 9.17) is 38.6 Å². The zero-order chi connectivity index (χ0) is 52.2. The molecule has 4 rings (SSSR count). The van der Waals surface area contributed by atoms with Crippen molar-refractivity contribution in [2.75, 3.05) is 47.3 Å². The van der Waals surface area contributed by atoms with Crippen LogP contribution in [0.3, 0.4) is 0 Å². The number of hydrogen-bond donors (Lipinski definition) is 1. The molecule has 382 valence electrons. The van der Waals surface area contributed by atoms with Gasteiger partial charge in [-0.3, -0.25) is 4.79 Å². The Morgan fingerprint density at radius 2 is 1.33 bits per heavy atom. The molecule has 0 radical (unpaired) electrons. The number of methoxy groups -OCH3 is 2. The summed E-state index contributed by atoms with van der Waals surface area (Å²) < 4.78 is 32.4. The Bertz CT molecular complexity index is 2080. The summed E-state index contributed by atoms with van der Waals surface area (Å²) >= 11 is 1.84. The number of esters is 1. The Morgan fingerprint density at radius 1 is 0.714 bits per heavy atom. The van der Waals surface area contributed by atoms with Crippen LogP contribution in [0, 0.1) is 5.41 Å². The van der Waals surface area contributed by atoms with E-state index in [2.05, 4.69) is 92.1 Å². The molecule has 4 aromatic carbocycles. The Hall–Kier alpha value is -6.10. The number of ether oxygens (including phenoxy) is 6. The van der Waals surface area contributed by atoms with Crippen molar-refractivity contribution in [1.82, 2.24) is 0 Å². The lowest BCUT2D eigenvalue weighted by molar-refractivity contribution is -0.104. The second-order valence-electron chi connectivity index (χ2n) is 15.5. The molecule has 0 unspecified atom stereocenters. The third-order valence-corrected chi connectivity index (χ3v) is 11.0. The number of nitrogens with one attached hydrogen (secondary N) is 1. The molecule has 1 N–H and O–H groups in total. The first-order chi connectivity index (χ1) is 34.0. The van der Waals surface area contributed by atoms with Gasteiger partial charge in [-0.1, -0.05) is 141 Å². The molecule has 4 aromatic rings. The third kappa shape index (κ3) is 29.7. The molecule has 0 bridgehead atoms. The zero-order valence-electron chi connectivity index (χ0n) is 43.7. The van der Waals surface area contributed by atoms with Crippen LogP contribution in [0.15, 0.2) is 151 Å². The van der Waals surface area contributed by atoms with Gasteiger partial charge in [0, 0.05) is 49.7 Å². The maximum absolute atomic E-state index is 12.1. The highest BCUT2D eigenvalue weighted by Gasteiger charge is 2.09. The molecule has 0 aromatic heterocycles. The van der Waals surface area contributed by atoms with E-state index in [-0.39, 0.29) is 12.6 Å². The number of carbonyl (C=O) groups excluding carboxylic acids is 2. The topological polar surface area (TPSA) is 113 Å². The van der Waals surface area contributed by atoms with Crippen LogP contribution in [0.2, 0.25) is 0 Å². The van der Waals surface area contributed by atoms with Crippen LogP contribution in [-0.2, 0) is 31.8 Å². The van der Waals surface area contributed by atoms with Crippen molar-refractivity contribution in [3.05, 3.63) is 174 Å². The number of hydrogen-bond acceptors (Lipinski definition) is 10. The average molecular weight is 978 g/mol. The van der Waals surface area contributed by atoms with E-state index >= 15 is 0 Å². The SMILES string of the molecule is C=C(CCC)Sc1ccccc1CCC.C=C/C(OCCCOc1ccc(C=C)cc1)=C(\C)CC.C=CC=O.CCCC.COCCCOc1ccc(C(=O)OCCc2ccc(OC)c(C=N)c2)cc1. The second kappa shape index (κ2) is 43.0. The molecule has 0 atom stereocenters. The molecule has 0 aliphatic carbocycles. The predicted molar refractivity (Wildman–Crippen MR) is 296 cm³/mol. The van der Waals surface area contributed by atoms with Crippen molar-refractivity contribution >= 4 is 36.3 Å². The third-order valence-electron chi connectivity index (χ3n) is 9.86. The van der Waals surface area contributed by atoms with Crippen molar-refractivity contribution in [2.24, 2.45) is 0 Å².